The summed E-state index contributed by atoms with van der Waals surface area (Å²) in [6.07, 6.45) is 0. The van der Waals surface area contributed by atoms with Gasteiger partial charge in [0.15, 0.2) is 0 Å². The van der Waals surface area contributed by atoms with Crippen LogP contribution in [0.3, 0.4) is 0 Å². The molecule has 9 heteroatoms. The number of carbonyl (C=O) groups is 3. The number of urea groups is 1. The standard InChI is InChI=1S/C17H21N5O3S/c1-11(23)19-8-9-20-17(25)21-10-12-6-7-15(26-12)16(24)22-14-5-3-2-4-13(14)18/h2-7H,8-10,18H2,1H3,(H,19,23)(H,22,24)(H2,20,21,25). The highest BCUT2D eigenvalue weighted by molar-refractivity contribution is 7.14. The average molecular weight is 375 g/mol. The molecular formula is C17H21N5O3S. The number of amides is 4. The fraction of sp³-hybridized carbons (Fsp3) is 0.235. The van der Waals surface area contributed by atoms with Crippen LogP contribution in [0.4, 0.5) is 16.2 Å². The van der Waals surface area contributed by atoms with Gasteiger partial charge >= 0.3 is 6.03 Å². The molecule has 0 aliphatic rings. The zero-order valence-electron chi connectivity index (χ0n) is 14.3. The molecule has 8 nitrogen and oxygen atoms in total. The number of anilines is 2. The lowest BCUT2D eigenvalue weighted by molar-refractivity contribution is -0.118. The number of hydrogen-bond acceptors (Lipinski definition) is 5. The number of carbonyl (C=O) groups excluding carboxylic acids is 3. The van der Waals surface area contributed by atoms with E-state index in [-0.39, 0.29) is 17.8 Å². The molecule has 0 unspecified atom stereocenters. The van der Waals surface area contributed by atoms with E-state index in [0.717, 1.165) is 4.88 Å². The van der Waals surface area contributed by atoms with Crippen LogP contribution in [0, 0.1) is 0 Å². The van der Waals surface area contributed by atoms with Crippen molar-refractivity contribution in [3.05, 3.63) is 46.2 Å². The van der Waals surface area contributed by atoms with E-state index in [0.29, 0.717) is 35.9 Å². The van der Waals surface area contributed by atoms with Crippen LogP contribution in [-0.4, -0.2) is 30.9 Å². The maximum atomic E-state index is 12.3. The molecule has 0 aliphatic carbocycles. The number of para-hydroxylation sites is 2. The molecule has 0 radical (unpaired) electrons. The fourth-order valence-electron chi connectivity index (χ4n) is 2.03. The van der Waals surface area contributed by atoms with Crippen molar-refractivity contribution in [1.82, 2.24) is 16.0 Å². The summed E-state index contributed by atoms with van der Waals surface area (Å²) < 4.78 is 0. The van der Waals surface area contributed by atoms with Crippen LogP contribution in [0.15, 0.2) is 36.4 Å². The molecule has 0 saturated heterocycles. The molecule has 2 rings (SSSR count). The quantitative estimate of drug-likeness (QED) is 0.371. The average Bonchev–Trinajstić information content (AvgIpc) is 3.08. The Morgan fingerprint density at radius 3 is 2.46 bits per heavy atom. The highest BCUT2D eigenvalue weighted by atomic mass is 32.1. The minimum absolute atomic E-state index is 0.145. The maximum Gasteiger partial charge on any atom is 0.315 e. The Morgan fingerprint density at radius 2 is 1.73 bits per heavy atom. The minimum atomic E-state index is -0.341. The van der Waals surface area contributed by atoms with Gasteiger partial charge in [0.05, 0.1) is 22.8 Å². The minimum Gasteiger partial charge on any atom is -0.397 e. The molecule has 1 heterocycles. The van der Waals surface area contributed by atoms with Gasteiger partial charge in [-0.15, -0.1) is 11.3 Å². The van der Waals surface area contributed by atoms with Gasteiger partial charge in [0, 0.05) is 24.9 Å². The van der Waals surface area contributed by atoms with Crippen molar-refractivity contribution in [3.63, 3.8) is 0 Å². The van der Waals surface area contributed by atoms with Crippen LogP contribution >= 0.6 is 11.3 Å². The monoisotopic (exact) mass is 375 g/mol. The zero-order chi connectivity index (χ0) is 18.9. The van der Waals surface area contributed by atoms with E-state index in [2.05, 4.69) is 21.3 Å². The summed E-state index contributed by atoms with van der Waals surface area (Å²) in [5.74, 6) is -0.396. The van der Waals surface area contributed by atoms with Crippen molar-refractivity contribution >= 4 is 40.6 Å². The van der Waals surface area contributed by atoms with Gasteiger partial charge in [-0.2, -0.15) is 0 Å². The summed E-state index contributed by atoms with van der Waals surface area (Å²) in [5.41, 5.74) is 6.87. The molecule has 0 atom stereocenters. The highest BCUT2D eigenvalue weighted by Crippen LogP contribution is 2.21. The second-order valence-corrected chi connectivity index (χ2v) is 6.57. The van der Waals surface area contributed by atoms with Crippen molar-refractivity contribution in [2.24, 2.45) is 0 Å². The van der Waals surface area contributed by atoms with Crippen molar-refractivity contribution in [2.75, 3.05) is 24.1 Å². The molecule has 1 aromatic heterocycles. The number of thiophene rings is 1. The van der Waals surface area contributed by atoms with Crippen molar-refractivity contribution in [3.8, 4) is 0 Å². The van der Waals surface area contributed by atoms with Crippen LogP contribution in [0.5, 0.6) is 0 Å². The van der Waals surface area contributed by atoms with Gasteiger partial charge in [0.25, 0.3) is 5.91 Å². The van der Waals surface area contributed by atoms with E-state index in [1.165, 1.54) is 18.3 Å². The first-order chi connectivity index (χ1) is 12.5. The van der Waals surface area contributed by atoms with Gasteiger partial charge in [0.2, 0.25) is 5.91 Å². The lowest BCUT2D eigenvalue weighted by Gasteiger charge is -2.07. The number of nitrogens with two attached hydrogens (primary N) is 1. The molecule has 0 bridgehead atoms. The van der Waals surface area contributed by atoms with Gasteiger partial charge < -0.3 is 27.0 Å². The SMILES string of the molecule is CC(=O)NCCNC(=O)NCc1ccc(C(=O)Nc2ccccc2N)s1. The first-order valence-electron chi connectivity index (χ1n) is 7.96. The summed E-state index contributed by atoms with van der Waals surface area (Å²) in [5, 5.41) is 10.7. The second-order valence-electron chi connectivity index (χ2n) is 5.40. The molecule has 2 aromatic rings. The molecule has 6 N–H and O–H groups in total. The van der Waals surface area contributed by atoms with Crippen LogP contribution in [0.25, 0.3) is 0 Å². The predicted octanol–water partition coefficient (Wildman–Crippen LogP) is 1.52. The molecule has 4 amide bonds. The Kier molecular flexibility index (Phi) is 6.98. The number of hydrogen-bond donors (Lipinski definition) is 5. The number of nitrogens with one attached hydrogen (secondary N) is 4. The number of benzene rings is 1. The number of rotatable bonds is 7. The first kappa shape index (κ1) is 19.3. The molecule has 0 fully saturated rings. The fourth-order valence-corrected chi connectivity index (χ4v) is 2.88. The molecule has 1 aromatic carbocycles. The van der Waals surface area contributed by atoms with E-state index in [4.69, 9.17) is 5.73 Å². The van der Waals surface area contributed by atoms with Crippen LogP contribution in [-0.2, 0) is 11.3 Å². The topological polar surface area (TPSA) is 125 Å². The van der Waals surface area contributed by atoms with Gasteiger partial charge in [0.1, 0.15) is 0 Å². The van der Waals surface area contributed by atoms with Crippen molar-refractivity contribution < 1.29 is 14.4 Å². The molecule has 26 heavy (non-hydrogen) atoms. The van der Waals surface area contributed by atoms with E-state index in [1.54, 1.807) is 36.4 Å². The van der Waals surface area contributed by atoms with Gasteiger partial charge in [-0.25, -0.2) is 4.79 Å². The maximum absolute atomic E-state index is 12.3. The largest absolute Gasteiger partial charge is 0.397 e. The van der Waals surface area contributed by atoms with E-state index >= 15 is 0 Å². The molecule has 0 spiro atoms. The van der Waals surface area contributed by atoms with Gasteiger partial charge in [-0.05, 0) is 24.3 Å². The summed E-state index contributed by atoms with van der Waals surface area (Å²) in [6.45, 7) is 2.42. The molecule has 138 valence electrons. The number of nitrogen functional groups attached to an aromatic ring is 1. The van der Waals surface area contributed by atoms with E-state index < -0.39 is 0 Å². The van der Waals surface area contributed by atoms with E-state index in [9.17, 15) is 14.4 Å². The van der Waals surface area contributed by atoms with E-state index in [1.807, 2.05) is 0 Å². The first-order valence-corrected chi connectivity index (χ1v) is 8.78. The smallest absolute Gasteiger partial charge is 0.315 e. The highest BCUT2D eigenvalue weighted by Gasteiger charge is 2.11. The lowest BCUT2D eigenvalue weighted by atomic mass is 10.2. The summed E-state index contributed by atoms with van der Waals surface area (Å²) in [6, 6.07) is 10.2. The second kappa shape index (κ2) is 9.42. The Bertz CT molecular complexity index is 790. The summed E-state index contributed by atoms with van der Waals surface area (Å²) in [4.78, 5) is 36.0. The third-order valence-electron chi connectivity index (χ3n) is 3.30. The third-order valence-corrected chi connectivity index (χ3v) is 4.39. The predicted molar refractivity (Wildman–Crippen MR) is 102 cm³/mol. The lowest BCUT2D eigenvalue weighted by Crippen LogP contribution is -2.39. The van der Waals surface area contributed by atoms with Gasteiger partial charge in [-0.3, -0.25) is 9.59 Å². The van der Waals surface area contributed by atoms with Crippen LogP contribution < -0.4 is 27.0 Å². The Morgan fingerprint density at radius 1 is 1.00 bits per heavy atom. The third kappa shape index (κ3) is 6.10. The van der Waals surface area contributed by atoms with Gasteiger partial charge in [-0.1, -0.05) is 12.1 Å². The van der Waals surface area contributed by atoms with Crippen LogP contribution in [0.1, 0.15) is 21.5 Å². The Labute approximate surface area is 155 Å². The summed E-state index contributed by atoms with van der Waals surface area (Å²) >= 11 is 1.29. The van der Waals surface area contributed by atoms with Crippen molar-refractivity contribution in [2.45, 2.75) is 13.5 Å². The normalized spacial score (nSPS) is 10.0. The van der Waals surface area contributed by atoms with Crippen molar-refractivity contribution in [1.29, 1.82) is 0 Å². The Balaban J connectivity index is 1.78. The van der Waals surface area contributed by atoms with Crippen LogP contribution in [0.2, 0.25) is 0 Å². The summed E-state index contributed by atoms with van der Waals surface area (Å²) in [7, 11) is 0. The Hall–Kier alpha value is -3.07. The molecular weight excluding hydrogens is 354 g/mol. The molecule has 0 saturated carbocycles. The zero-order valence-corrected chi connectivity index (χ0v) is 15.1. The molecule has 0 aliphatic heterocycles.